The molecule has 0 bridgehead atoms. The van der Waals surface area contributed by atoms with Gasteiger partial charge in [-0.1, -0.05) is 60.7 Å². The number of ether oxygens (including phenoxy) is 2. The molecule has 164 valence electrons. The normalized spacial score (nSPS) is 10.7. The van der Waals surface area contributed by atoms with E-state index in [1.165, 1.54) is 11.3 Å². The van der Waals surface area contributed by atoms with Crippen LogP contribution >= 0.6 is 22.7 Å². The number of thiazole rings is 2. The van der Waals surface area contributed by atoms with Crippen LogP contribution in [-0.2, 0) is 0 Å². The Labute approximate surface area is 200 Å². The predicted molar refractivity (Wildman–Crippen MR) is 137 cm³/mol. The van der Waals surface area contributed by atoms with E-state index in [1.807, 2.05) is 47.8 Å². The minimum absolute atomic E-state index is 0.716. The van der Waals surface area contributed by atoms with E-state index in [-0.39, 0.29) is 0 Å². The van der Waals surface area contributed by atoms with Gasteiger partial charge >= 0.3 is 0 Å². The molecule has 2 heterocycles. The second-order valence-electron chi connectivity index (χ2n) is 7.19. The molecular weight excluding hydrogens is 450 g/mol. The summed E-state index contributed by atoms with van der Waals surface area (Å²) in [5.41, 5.74) is 4.91. The second-order valence-corrected chi connectivity index (χ2v) is 9.05. The molecule has 5 aromatic rings. The Balaban J connectivity index is 1.49. The van der Waals surface area contributed by atoms with E-state index in [4.69, 9.17) is 19.4 Å². The lowest BCUT2D eigenvalue weighted by molar-refractivity contribution is 0.395. The zero-order chi connectivity index (χ0) is 22.6. The standard InChI is InChI=1S/C26H21N3O2S2/c1-30-20-13-19(14-21(15-20)31-2)27-26-28-22(16-32-26)25-29-23(17-9-5-3-6-10-17)24(33-25)18-11-7-4-8-12-18/h3-16H,1-2H3,(H,27,28). The Morgan fingerprint density at radius 2 is 1.39 bits per heavy atom. The van der Waals surface area contributed by atoms with E-state index in [0.29, 0.717) is 11.5 Å². The van der Waals surface area contributed by atoms with Crippen LogP contribution in [-0.4, -0.2) is 24.2 Å². The smallest absolute Gasteiger partial charge is 0.187 e. The third-order valence-corrected chi connectivity index (χ3v) is 6.92. The van der Waals surface area contributed by atoms with Crippen LogP contribution in [0.3, 0.4) is 0 Å². The van der Waals surface area contributed by atoms with Gasteiger partial charge in [0.05, 0.1) is 24.8 Å². The summed E-state index contributed by atoms with van der Waals surface area (Å²) in [6, 6.07) is 26.3. The summed E-state index contributed by atoms with van der Waals surface area (Å²) < 4.78 is 10.7. The van der Waals surface area contributed by atoms with Crippen molar-refractivity contribution in [3.63, 3.8) is 0 Å². The quantitative estimate of drug-likeness (QED) is 0.269. The lowest BCUT2D eigenvalue weighted by atomic mass is 10.1. The van der Waals surface area contributed by atoms with Crippen LogP contribution < -0.4 is 14.8 Å². The molecule has 0 saturated carbocycles. The lowest BCUT2D eigenvalue weighted by Crippen LogP contribution is -1.93. The molecule has 0 aliphatic heterocycles. The Morgan fingerprint density at radius 3 is 2.03 bits per heavy atom. The van der Waals surface area contributed by atoms with Crippen molar-refractivity contribution >= 4 is 33.5 Å². The number of rotatable bonds is 7. The summed E-state index contributed by atoms with van der Waals surface area (Å²) in [7, 11) is 3.27. The number of methoxy groups -OCH3 is 2. The van der Waals surface area contributed by atoms with Gasteiger partial charge in [0.1, 0.15) is 22.2 Å². The van der Waals surface area contributed by atoms with Gasteiger partial charge in [-0.2, -0.15) is 0 Å². The number of anilines is 2. The van der Waals surface area contributed by atoms with Crippen molar-refractivity contribution in [2.45, 2.75) is 0 Å². The van der Waals surface area contributed by atoms with Crippen molar-refractivity contribution in [3.8, 4) is 43.9 Å². The maximum Gasteiger partial charge on any atom is 0.187 e. The van der Waals surface area contributed by atoms with Gasteiger partial charge in [0.2, 0.25) is 0 Å². The molecule has 0 aliphatic rings. The number of nitrogens with zero attached hydrogens (tertiary/aromatic N) is 2. The average molecular weight is 472 g/mol. The van der Waals surface area contributed by atoms with Crippen LogP contribution in [0.25, 0.3) is 32.4 Å². The molecule has 7 heteroatoms. The van der Waals surface area contributed by atoms with E-state index in [2.05, 4.69) is 41.7 Å². The fraction of sp³-hybridized carbons (Fsp3) is 0.0769. The molecule has 1 N–H and O–H groups in total. The van der Waals surface area contributed by atoms with Crippen LogP contribution in [0.2, 0.25) is 0 Å². The van der Waals surface area contributed by atoms with Crippen LogP contribution in [0.1, 0.15) is 0 Å². The third-order valence-electron chi connectivity index (χ3n) is 5.04. The maximum atomic E-state index is 5.36. The summed E-state index contributed by atoms with van der Waals surface area (Å²) >= 11 is 3.19. The first-order valence-electron chi connectivity index (χ1n) is 10.3. The zero-order valence-corrected chi connectivity index (χ0v) is 19.7. The fourth-order valence-electron chi connectivity index (χ4n) is 3.44. The Morgan fingerprint density at radius 1 is 0.758 bits per heavy atom. The average Bonchev–Trinajstić information content (AvgIpc) is 3.52. The summed E-state index contributed by atoms with van der Waals surface area (Å²) in [5.74, 6) is 1.43. The molecule has 0 amide bonds. The number of hydrogen-bond donors (Lipinski definition) is 1. The highest BCUT2D eigenvalue weighted by Gasteiger charge is 2.18. The summed E-state index contributed by atoms with van der Waals surface area (Å²) in [5, 5.41) is 7.05. The molecule has 0 fully saturated rings. The van der Waals surface area contributed by atoms with E-state index in [0.717, 1.165) is 43.2 Å². The summed E-state index contributed by atoms with van der Waals surface area (Å²) in [6.45, 7) is 0. The van der Waals surface area contributed by atoms with Crippen molar-refractivity contribution in [1.82, 2.24) is 9.97 Å². The SMILES string of the molecule is COc1cc(Nc2nc(-c3nc(-c4ccccc4)c(-c4ccccc4)s3)cs2)cc(OC)c1. The highest BCUT2D eigenvalue weighted by Crippen LogP contribution is 2.41. The number of hydrogen-bond acceptors (Lipinski definition) is 7. The van der Waals surface area contributed by atoms with Gasteiger partial charge in [-0.05, 0) is 5.56 Å². The van der Waals surface area contributed by atoms with Gasteiger partial charge in [-0.15, -0.1) is 22.7 Å². The third kappa shape index (κ3) is 4.60. The number of nitrogens with one attached hydrogen (secondary N) is 1. The number of benzene rings is 3. The van der Waals surface area contributed by atoms with Crippen LogP contribution in [0.15, 0.2) is 84.2 Å². The summed E-state index contributed by atoms with van der Waals surface area (Å²) in [4.78, 5) is 10.9. The molecule has 5 nitrogen and oxygen atoms in total. The van der Waals surface area contributed by atoms with E-state index in [1.54, 1.807) is 25.6 Å². The van der Waals surface area contributed by atoms with E-state index < -0.39 is 0 Å². The van der Waals surface area contributed by atoms with Crippen molar-refractivity contribution in [2.24, 2.45) is 0 Å². The van der Waals surface area contributed by atoms with Crippen LogP contribution in [0, 0.1) is 0 Å². The monoisotopic (exact) mass is 471 g/mol. The second kappa shape index (κ2) is 9.44. The minimum Gasteiger partial charge on any atom is -0.497 e. The van der Waals surface area contributed by atoms with Crippen LogP contribution in [0.5, 0.6) is 11.5 Å². The Bertz CT molecular complexity index is 1290. The molecule has 0 radical (unpaired) electrons. The Kier molecular flexibility index (Phi) is 6.06. The minimum atomic E-state index is 0.716. The predicted octanol–water partition coefficient (Wildman–Crippen LogP) is 7.36. The van der Waals surface area contributed by atoms with Gasteiger partial charge in [-0.25, -0.2) is 9.97 Å². The van der Waals surface area contributed by atoms with E-state index in [9.17, 15) is 0 Å². The lowest BCUT2D eigenvalue weighted by Gasteiger charge is -2.08. The molecule has 0 atom stereocenters. The largest absolute Gasteiger partial charge is 0.497 e. The fourth-order valence-corrected chi connectivity index (χ4v) is 5.28. The summed E-state index contributed by atoms with van der Waals surface area (Å²) in [6.07, 6.45) is 0. The van der Waals surface area contributed by atoms with E-state index >= 15 is 0 Å². The Hall–Kier alpha value is -3.68. The molecule has 2 aromatic heterocycles. The molecule has 5 rings (SSSR count). The maximum absolute atomic E-state index is 5.36. The van der Waals surface area contributed by atoms with Gasteiger partial charge in [0.25, 0.3) is 0 Å². The molecule has 33 heavy (non-hydrogen) atoms. The van der Waals surface area contributed by atoms with Gasteiger partial charge in [-0.3, -0.25) is 0 Å². The first-order valence-corrected chi connectivity index (χ1v) is 12.0. The van der Waals surface area contributed by atoms with Crippen molar-refractivity contribution in [1.29, 1.82) is 0 Å². The topological polar surface area (TPSA) is 56.3 Å². The molecule has 3 aromatic carbocycles. The van der Waals surface area contributed by atoms with Gasteiger partial charge in [0.15, 0.2) is 5.13 Å². The zero-order valence-electron chi connectivity index (χ0n) is 18.1. The van der Waals surface area contributed by atoms with Crippen LogP contribution in [0.4, 0.5) is 10.8 Å². The molecular formula is C26H21N3O2S2. The molecule has 0 spiro atoms. The van der Waals surface area contributed by atoms with Crippen molar-refractivity contribution in [3.05, 3.63) is 84.2 Å². The first kappa shape index (κ1) is 21.2. The molecule has 0 saturated heterocycles. The van der Waals surface area contributed by atoms with Gasteiger partial charge < -0.3 is 14.8 Å². The highest BCUT2D eigenvalue weighted by molar-refractivity contribution is 7.19. The number of aromatic nitrogens is 2. The van der Waals surface area contributed by atoms with Crippen molar-refractivity contribution in [2.75, 3.05) is 19.5 Å². The first-order chi connectivity index (χ1) is 16.2. The highest BCUT2D eigenvalue weighted by atomic mass is 32.1. The van der Waals surface area contributed by atoms with Crippen molar-refractivity contribution < 1.29 is 9.47 Å². The molecule has 0 aliphatic carbocycles. The van der Waals surface area contributed by atoms with Gasteiger partial charge in [0, 0.05) is 34.8 Å². The molecule has 0 unspecified atom stereocenters.